The molecule has 0 saturated carbocycles. The second kappa shape index (κ2) is 8.21. The van der Waals surface area contributed by atoms with E-state index in [0.717, 1.165) is 28.9 Å². The van der Waals surface area contributed by atoms with Crippen LogP contribution in [0.3, 0.4) is 0 Å². The van der Waals surface area contributed by atoms with Crippen molar-refractivity contribution in [2.75, 3.05) is 6.54 Å². The number of hydrogen-bond donors (Lipinski definition) is 2. The Morgan fingerprint density at radius 1 is 1.07 bits per heavy atom. The molecule has 2 heterocycles. The molecule has 0 spiro atoms. The van der Waals surface area contributed by atoms with Crippen LogP contribution in [-0.2, 0) is 17.8 Å². The van der Waals surface area contributed by atoms with E-state index in [1.807, 2.05) is 23.1 Å². The summed E-state index contributed by atoms with van der Waals surface area (Å²) in [6, 6.07) is 18.3. The van der Waals surface area contributed by atoms with Gasteiger partial charge in [0.2, 0.25) is 5.91 Å². The third-order valence-electron chi connectivity index (χ3n) is 5.55. The molecule has 0 aliphatic carbocycles. The highest BCUT2D eigenvalue weighted by Gasteiger charge is 2.28. The summed E-state index contributed by atoms with van der Waals surface area (Å²) in [6.45, 7) is 5.43. The fraction of sp³-hybridized carbons (Fsp3) is 0.333. The standard InChI is InChI=1S/C24H28N4O/c1-16(2)14-21(25)24(29)28-13-12-22-20(15-28)23(27-26-22)19-10-8-18(9-11-19)17-6-4-3-5-7-17/h3-11,16,21H,12-15,25H2,1-2H3,(H,26,27)/t21-/m1/s1. The third-order valence-corrected chi connectivity index (χ3v) is 5.55. The summed E-state index contributed by atoms with van der Waals surface area (Å²) in [4.78, 5) is 14.7. The van der Waals surface area contributed by atoms with Gasteiger partial charge >= 0.3 is 0 Å². The van der Waals surface area contributed by atoms with Crippen molar-refractivity contribution in [3.8, 4) is 22.4 Å². The highest BCUT2D eigenvalue weighted by Crippen LogP contribution is 2.30. The van der Waals surface area contributed by atoms with Crippen LogP contribution >= 0.6 is 0 Å². The Kier molecular flexibility index (Phi) is 5.49. The first-order valence-electron chi connectivity index (χ1n) is 10.3. The molecule has 1 atom stereocenters. The number of nitrogens with two attached hydrogens (primary N) is 1. The molecule has 29 heavy (non-hydrogen) atoms. The molecule has 0 saturated heterocycles. The number of hydrogen-bond acceptors (Lipinski definition) is 3. The van der Waals surface area contributed by atoms with Gasteiger partial charge in [0.15, 0.2) is 0 Å². The zero-order valence-electron chi connectivity index (χ0n) is 17.1. The first kappa shape index (κ1) is 19.4. The van der Waals surface area contributed by atoms with Crippen molar-refractivity contribution in [1.82, 2.24) is 15.1 Å². The Labute approximate surface area is 171 Å². The summed E-state index contributed by atoms with van der Waals surface area (Å²) in [5.74, 6) is 0.442. The largest absolute Gasteiger partial charge is 0.336 e. The Hall–Kier alpha value is -2.92. The predicted octanol–water partition coefficient (Wildman–Crippen LogP) is 4.00. The van der Waals surface area contributed by atoms with Gasteiger partial charge in [-0.25, -0.2) is 0 Å². The van der Waals surface area contributed by atoms with Crippen LogP contribution < -0.4 is 5.73 Å². The first-order valence-corrected chi connectivity index (χ1v) is 10.3. The van der Waals surface area contributed by atoms with Crippen molar-refractivity contribution in [3.05, 3.63) is 65.9 Å². The predicted molar refractivity (Wildman–Crippen MR) is 116 cm³/mol. The van der Waals surface area contributed by atoms with Crippen LogP contribution in [0.2, 0.25) is 0 Å². The fourth-order valence-electron chi connectivity index (χ4n) is 4.02. The zero-order chi connectivity index (χ0) is 20.4. The molecule has 5 nitrogen and oxygen atoms in total. The third kappa shape index (κ3) is 4.10. The SMILES string of the molecule is CC(C)C[C@@H](N)C(=O)N1CCc2[nH]nc(-c3ccc(-c4ccccc4)cc3)c2C1. The van der Waals surface area contributed by atoms with Gasteiger partial charge in [-0.05, 0) is 23.5 Å². The van der Waals surface area contributed by atoms with Crippen molar-refractivity contribution in [1.29, 1.82) is 0 Å². The number of carbonyl (C=O) groups is 1. The Morgan fingerprint density at radius 2 is 1.72 bits per heavy atom. The van der Waals surface area contributed by atoms with Gasteiger partial charge in [-0.3, -0.25) is 9.89 Å². The fourth-order valence-corrected chi connectivity index (χ4v) is 4.02. The van der Waals surface area contributed by atoms with Crippen molar-refractivity contribution in [2.24, 2.45) is 11.7 Å². The van der Waals surface area contributed by atoms with E-state index in [2.05, 4.69) is 60.4 Å². The maximum absolute atomic E-state index is 12.8. The number of aromatic nitrogens is 2. The zero-order valence-corrected chi connectivity index (χ0v) is 17.1. The minimum absolute atomic E-state index is 0.0379. The van der Waals surface area contributed by atoms with Crippen LogP contribution in [0.25, 0.3) is 22.4 Å². The maximum atomic E-state index is 12.8. The molecule has 1 amide bonds. The normalized spacial score (nSPS) is 14.7. The molecule has 3 N–H and O–H groups in total. The van der Waals surface area contributed by atoms with Crippen LogP contribution in [0.15, 0.2) is 54.6 Å². The molecule has 0 radical (unpaired) electrons. The second-order valence-corrected chi connectivity index (χ2v) is 8.22. The summed E-state index contributed by atoms with van der Waals surface area (Å²) in [7, 11) is 0. The summed E-state index contributed by atoms with van der Waals surface area (Å²) >= 11 is 0. The van der Waals surface area contributed by atoms with Crippen LogP contribution in [0.5, 0.6) is 0 Å². The lowest BCUT2D eigenvalue weighted by Gasteiger charge is -2.30. The van der Waals surface area contributed by atoms with Gasteiger partial charge in [0.05, 0.1) is 11.7 Å². The molecule has 150 valence electrons. The molecule has 0 bridgehead atoms. The number of H-pyrrole nitrogens is 1. The van der Waals surface area contributed by atoms with E-state index in [0.29, 0.717) is 25.4 Å². The van der Waals surface area contributed by atoms with Gasteiger partial charge in [-0.15, -0.1) is 0 Å². The molecule has 1 aliphatic heterocycles. The number of benzene rings is 2. The van der Waals surface area contributed by atoms with Crippen LogP contribution in [0.1, 0.15) is 31.5 Å². The monoisotopic (exact) mass is 388 g/mol. The number of nitrogens with zero attached hydrogens (tertiary/aromatic N) is 2. The number of aromatic amines is 1. The van der Waals surface area contributed by atoms with Crippen molar-refractivity contribution < 1.29 is 4.79 Å². The molecular formula is C24H28N4O. The molecule has 3 aromatic rings. The summed E-state index contributed by atoms with van der Waals surface area (Å²) in [5, 5.41) is 7.74. The molecular weight excluding hydrogens is 360 g/mol. The molecule has 5 heteroatoms. The molecule has 2 aromatic carbocycles. The number of nitrogens with one attached hydrogen (secondary N) is 1. The maximum Gasteiger partial charge on any atom is 0.239 e. The Bertz CT molecular complexity index is 976. The van der Waals surface area contributed by atoms with Crippen LogP contribution in [0, 0.1) is 5.92 Å². The van der Waals surface area contributed by atoms with Crippen LogP contribution in [0.4, 0.5) is 0 Å². The molecule has 4 rings (SSSR count). The van der Waals surface area contributed by atoms with Gasteiger partial charge < -0.3 is 10.6 Å². The lowest BCUT2D eigenvalue weighted by molar-refractivity contribution is -0.133. The molecule has 1 aliphatic rings. The first-order chi connectivity index (χ1) is 14.0. The topological polar surface area (TPSA) is 75.0 Å². The Morgan fingerprint density at radius 3 is 2.41 bits per heavy atom. The second-order valence-electron chi connectivity index (χ2n) is 8.22. The Balaban J connectivity index is 1.55. The van der Waals surface area contributed by atoms with E-state index in [1.165, 1.54) is 11.1 Å². The van der Waals surface area contributed by atoms with Crippen molar-refractivity contribution in [2.45, 2.75) is 39.3 Å². The summed E-state index contributed by atoms with van der Waals surface area (Å²) in [6.07, 6.45) is 1.49. The van der Waals surface area contributed by atoms with Crippen LogP contribution in [-0.4, -0.2) is 33.6 Å². The lowest BCUT2D eigenvalue weighted by atomic mass is 9.97. The van der Waals surface area contributed by atoms with Crippen molar-refractivity contribution in [3.63, 3.8) is 0 Å². The van der Waals surface area contributed by atoms with E-state index < -0.39 is 6.04 Å². The highest BCUT2D eigenvalue weighted by atomic mass is 16.2. The number of carbonyl (C=O) groups excluding carboxylic acids is 1. The summed E-state index contributed by atoms with van der Waals surface area (Å²) < 4.78 is 0. The van der Waals surface area contributed by atoms with E-state index in [-0.39, 0.29) is 5.91 Å². The van der Waals surface area contributed by atoms with E-state index in [9.17, 15) is 4.79 Å². The van der Waals surface area contributed by atoms with Gasteiger partial charge in [-0.2, -0.15) is 5.10 Å². The smallest absolute Gasteiger partial charge is 0.239 e. The van der Waals surface area contributed by atoms with Gasteiger partial charge in [-0.1, -0.05) is 68.4 Å². The van der Waals surface area contributed by atoms with Gasteiger partial charge in [0.1, 0.15) is 0 Å². The minimum atomic E-state index is -0.433. The molecule has 1 aromatic heterocycles. The quantitative estimate of drug-likeness (QED) is 0.694. The molecule has 0 fully saturated rings. The number of rotatable bonds is 5. The lowest BCUT2D eigenvalue weighted by Crippen LogP contribution is -2.46. The number of amides is 1. The average Bonchev–Trinajstić information content (AvgIpc) is 3.16. The van der Waals surface area contributed by atoms with E-state index in [1.54, 1.807) is 0 Å². The van der Waals surface area contributed by atoms with E-state index >= 15 is 0 Å². The summed E-state index contributed by atoms with van der Waals surface area (Å²) in [5.41, 5.74) is 12.7. The van der Waals surface area contributed by atoms with E-state index in [4.69, 9.17) is 5.73 Å². The minimum Gasteiger partial charge on any atom is -0.336 e. The average molecular weight is 389 g/mol. The van der Waals surface area contributed by atoms with Crippen molar-refractivity contribution >= 4 is 5.91 Å². The van der Waals surface area contributed by atoms with Gasteiger partial charge in [0.25, 0.3) is 0 Å². The number of fused-ring (bicyclic) bond motifs is 1. The molecule has 0 unspecified atom stereocenters. The van der Waals surface area contributed by atoms with Gasteiger partial charge in [0, 0.05) is 36.3 Å². The highest BCUT2D eigenvalue weighted by molar-refractivity contribution is 5.82.